The number of non-ortho nitro benzene ring substituents is 1. The summed E-state index contributed by atoms with van der Waals surface area (Å²) >= 11 is 0. The number of carbonyl (C=O) groups is 2. The SMILES string of the molecule is CC[NH+](CC)CCN1C(=O)C(=O)C(=C([O-])c2ccc([N+](=O)[O-])cc2)C1c1ccc(N(C)C)cc1. The minimum Gasteiger partial charge on any atom is -0.872 e. The van der Waals surface area contributed by atoms with E-state index in [2.05, 4.69) is 13.8 Å². The molecule has 2 aromatic carbocycles. The lowest BCUT2D eigenvalue weighted by Gasteiger charge is -2.29. The first-order chi connectivity index (χ1) is 16.2. The van der Waals surface area contributed by atoms with Gasteiger partial charge in [0.15, 0.2) is 0 Å². The van der Waals surface area contributed by atoms with E-state index in [0.29, 0.717) is 18.7 Å². The van der Waals surface area contributed by atoms with Crippen molar-refractivity contribution in [1.82, 2.24) is 4.90 Å². The zero-order chi connectivity index (χ0) is 25.0. The van der Waals surface area contributed by atoms with Crippen molar-refractivity contribution in [3.63, 3.8) is 0 Å². The maximum absolute atomic E-state index is 13.4. The van der Waals surface area contributed by atoms with Gasteiger partial charge < -0.3 is 19.8 Å². The summed E-state index contributed by atoms with van der Waals surface area (Å²) in [5.41, 5.74) is 1.47. The van der Waals surface area contributed by atoms with Crippen LogP contribution in [0.5, 0.6) is 0 Å². The number of rotatable bonds is 9. The lowest BCUT2D eigenvalue weighted by Crippen LogP contribution is -3.12. The van der Waals surface area contributed by atoms with E-state index in [1.165, 1.54) is 34.1 Å². The van der Waals surface area contributed by atoms with E-state index in [4.69, 9.17) is 0 Å². The average Bonchev–Trinajstić information content (AvgIpc) is 3.09. The molecule has 0 aliphatic carbocycles. The Balaban J connectivity index is 2.09. The van der Waals surface area contributed by atoms with Crippen LogP contribution < -0.4 is 14.9 Å². The van der Waals surface area contributed by atoms with Crippen LogP contribution in [0.25, 0.3) is 5.76 Å². The Morgan fingerprint density at radius 1 is 1.03 bits per heavy atom. The third kappa shape index (κ3) is 4.94. The van der Waals surface area contributed by atoms with Crippen molar-refractivity contribution in [3.05, 3.63) is 75.3 Å². The Labute approximate surface area is 199 Å². The minimum atomic E-state index is -0.820. The van der Waals surface area contributed by atoms with Crippen LogP contribution in [-0.2, 0) is 9.59 Å². The van der Waals surface area contributed by atoms with E-state index in [1.54, 1.807) is 0 Å². The van der Waals surface area contributed by atoms with E-state index < -0.39 is 28.4 Å². The lowest BCUT2D eigenvalue weighted by atomic mass is 9.95. The van der Waals surface area contributed by atoms with Gasteiger partial charge in [0.1, 0.15) is 0 Å². The number of amides is 1. The van der Waals surface area contributed by atoms with E-state index in [0.717, 1.165) is 18.8 Å². The third-order valence-corrected chi connectivity index (χ3v) is 6.30. The Hall–Kier alpha value is -3.72. The van der Waals surface area contributed by atoms with Gasteiger partial charge in [0.05, 0.1) is 37.1 Å². The van der Waals surface area contributed by atoms with Gasteiger partial charge in [0.25, 0.3) is 11.6 Å². The van der Waals surface area contributed by atoms with E-state index in [1.807, 2.05) is 43.3 Å². The molecule has 1 fully saturated rings. The van der Waals surface area contributed by atoms with E-state index >= 15 is 0 Å². The Morgan fingerprint density at radius 3 is 2.12 bits per heavy atom. The fourth-order valence-corrected chi connectivity index (χ4v) is 4.17. The molecule has 1 amide bonds. The van der Waals surface area contributed by atoms with Crippen molar-refractivity contribution in [2.24, 2.45) is 0 Å². The van der Waals surface area contributed by atoms with Crippen LogP contribution in [0.1, 0.15) is 31.0 Å². The summed E-state index contributed by atoms with van der Waals surface area (Å²) < 4.78 is 0. The topological polar surface area (TPSA) is 111 Å². The summed E-state index contributed by atoms with van der Waals surface area (Å²) in [6.45, 7) is 6.86. The van der Waals surface area contributed by atoms with Gasteiger partial charge in [-0.2, -0.15) is 0 Å². The Bertz CT molecular complexity index is 1090. The number of likely N-dealkylation sites (tertiary alicyclic amines) is 1. The van der Waals surface area contributed by atoms with Crippen molar-refractivity contribution in [2.75, 3.05) is 45.2 Å². The lowest BCUT2D eigenvalue weighted by molar-refractivity contribution is -0.895. The molecule has 1 atom stereocenters. The van der Waals surface area contributed by atoms with Crippen LogP contribution in [0.4, 0.5) is 11.4 Å². The molecule has 180 valence electrons. The number of hydrogen-bond donors (Lipinski definition) is 1. The standard InChI is InChI=1S/C25H30N4O5/c1-5-27(6-2)15-16-28-22(17-7-11-19(12-8-17)26(3)4)21(24(31)25(28)32)23(30)18-9-13-20(14-10-18)29(33)34/h7-14,22,30H,5-6,15-16H2,1-4H3. The number of ketones is 1. The molecular weight excluding hydrogens is 436 g/mol. The molecule has 2 aromatic rings. The van der Waals surface area contributed by atoms with Crippen molar-refractivity contribution in [3.8, 4) is 0 Å². The first-order valence-electron chi connectivity index (χ1n) is 11.3. The molecule has 0 saturated carbocycles. The number of quaternary nitrogens is 1. The van der Waals surface area contributed by atoms with Crippen LogP contribution in [0.15, 0.2) is 54.1 Å². The fourth-order valence-electron chi connectivity index (χ4n) is 4.17. The highest BCUT2D eigenvalue weighted by Gasteiger charge is 2.44. The average molecular weight is 467 g/mol. The van der Waals surface area contributed by atoms with Crippen LogP contribution in [0.3, 0.4) is 0 Å². The van der Waals surface area contributed by atoms with Gasteiger partial charge >= 0.3 is 0 Å². The molecule has 0 aromatic heterocycles. The fraction of sp³-hybridized carbons (Fsp3) is 0.360. The minimum absolute atomic E-state index is 0.119. The Kier molecular flexibility index (Phi) is 7.68. The first-order valence-corrected chi connectivity index (χ1v) is 11.3. The maximum Gasteiger partial charge on any atom is 0.295 e. The molecule has 0 radical (unpaired) electrons. The smallest absolute Gasteiger partial charge is 0.295 e. The molecule has 0 bridgehead atoms. The van der Waals surface area contributed by atoms with Gasteiger partial charge in [-0.15, -0.1) is 0 Å². The molecule has 1 unspecified atom stereocenters. The van der Waals surface area contributed by atoms with Gasteiger partial charge in [-0.05, 0) is 49.2 Å². The maximum atomic E-state index is 13.4. The summed E-state index contributed by atoms with van der Waals surface area (Å²) in [5.74, 6) is -2.11. The summed E-state index contributed by atoms with van der Waals surface area (Å²) in [7, 11) is 3.82. The van der Waals surface area contributed by atoms with Crippen molar-refractivity contribution in [2.45, 2.75) is 19.9 Å². The van der Waals surface area contributed by atoms with E-state index in [-0.39, 0.29) is 16.8 Å². The Morgan fingerprint density at radius 2 is 1.62 bits per heavy atom. The second-order valence-corrected chi connectivity index (χ2v) is 8.47. The number of hydrogen-bond acceptors (Lipinski definition) is 6. The summed E-state index contributed by atoms with van der Waals surface area (Å²) in [5, 5.41) is 24.4. The number of Topliss-reactive ketones (excluding diaryl/α,β-unsaturated/α-hetero) is 1. The van der Waals surface area contributed by atoms with Gasteiger partial charge in [-0.25, -0.2) is 0 Å². The molecule has 3 rings (SSSR count). The van der Waals surface area contributed by atoms with Crippen molar-refractivity contribution < 1.29 is 24.5 Å². The number of anilines is 1. The highest BCUT2D eigenvalue weighted by atomic mass is 16.6. The number of carbonyl (C=O) groups excluding carboxylic acids is 2. The van der Waals surface area contributed by atoms with Gasteiger partial charge in [0.2, 0.25) is 5.78 Å². The number of nitro groups is 1. The highest BCUT2D eigenvalue weighted by Crippen LogP contribution is 2.39. The second kappa shape index (κ2) is 10.5. The predicted octanol–water partition coefficient (Wildman–Crippen LogP) is 0.810. The summed E-state index contributed by atoms with van der Waals surface area (Å²) in [6, 6.07) is 11.7. The largest absolute Gasteiger partial charge is 0.872 e. The summed E-state index contributed by atoms with van der Waals surface area (Å²) in [4.78, 5) is 41.2. The molecule has 34 heavy (non-hydrogen) atoms. The second-order valence-electron chi connectivity index (χ2n) is 8.47. The highest BCUT2D eigenvalue weighted by molar-refractivity contribution is 6.46. The molecular formula is C25H30N4O5. The molecule has 0 spiro atoms. The zero-order valence-corrected chi connectivity index (χ0v) is 19.9. The van der Waals surface area contributed by atoms with Crippen LogP contribution in [0, 0.1) is 10.1 Å². The number of nitrogens with zero attached hydrogens (tertiary/aromatic N) is 3. The molecule has 9 heteroatoms. The molecule has 1 aliphatic rings. The predicted molar refractivity (Wildman–Crippen MR) is 127 cm³/mol. The zero-order valence-electron chi connectivity index (χ0n) is 19.9. The number of likely N-dealkylation sites (N-methyl/N-ethyl adjacent to an activating group) is 1. The quantitative estimate of drug-likeness (QED) is 0.193. The normalized spacial score (nSPS) is 17.4. The van der Waals surface area contributed by atoms with Crippen molar-refractivity contribution >= 4 is 28.8 Å². The van der Waals surface area contributed by atoms with Gasteiger partial charge in [-0.1, -0.05) is 17.9 Å². The van der Waals surface area contributed by atoms with Crippen LogP contribution in [0.2, 0.25) is 0 Å². The first kappa shape index (κ1) is 24.9. The number of nitro benzene ring substituents is 1. The number of nitrogens with one attached hydrogen (secondary N) is 1. The van der Waals surface area contributed by atoms with Crippen LogP contribution >= 0.6 is 0 Å². The van der Waals surface area contributed by atoms with Crippen molar-refractivity contribution in [1.29, 1.82) is 0 Å². The van der Waals surface area contributed by atoms with E-state index in [9.17, 15) is 24.8 Å². The molecule has 1 N–H and O–H groups in total. The molecule has 1 heterocycles. The van der Waals surface area contributed by atoms with Crippen LogP contribution in [-0.4, -0.2) is 61.8 Å². The summed E-state index contributed by atoms with van der Waals surface area (Å²) in [6.07, 6.45) is 0. The monoisotopic (exact) mass is 466 g/mol. The van der Waals surface area contributed by atoms with Gasteiger partial charge in [0, 0.05) is 37.5 Å². The molecule has 1 saturated heterocycles. The molecule has 1 aliphatic heterocycles. The third-order valence-electron chi connectivity index (χ3n) is 6.30. The molecule has 9 nitrogen and oxygen atoms in total. The van der Waals surface area contributed by atoms with Gasteiger partial charge in [-0.3, -0.25) is 19.7 Å². The number of benzene rings is 2.